The van der Waals surface area contributed by atoms with Gasteiger partial charge in [-0.2, -0.15) is 0 Å². The van der Waals surface area contributed by atoms with E-state index in [-0.39, 0.29) is 56.6 Å². The molecule has 0 bridgehead atoms. The molecule has 0 radical (unpaired) electrons. The lowest BCUT2D eigenvalue weighted by Crippen LogP contribution is -2.35. The fraction of sp³-hybridized carbons (Fsp3) is 0.160. The maximum absolute atomic E-state index is 15.2. The predicted molar refractivity (Wildman–Crippen MR) is 135 cm³/mol. The van der Waals surface area contributed by atoms with Crippen molar-refractivity contribution in [1.82, 2.24) is 19.3 Å². The first kappa shape index (κ1) is 23.9. The number of nitrogens with zero attached hydrogens (tertiary/aromatic N) is 2. The number of aromatic amines is 1. The summed E-state index contributed by atoms with van der Waals surface area (Å²) in [6.45, 7) is -0.363. The van der Waals surface area contributed by atoms with Gasteiger partial charge in [-0.15, -0.1) is 0 Å². The van der Waals surface area contributed by atoms with Crippen LogP contribution in [0.5, 0.6) is 0 Å². The molecule has 38 heavy (non-hydrogen) atoms. The monoisotopic (exact) mass is 539 g/mol. The van der Waals surface area contributed by atoms with Crippen molar-refractivity contribution in [2.45, 2.75) is 24.6 Å². The summed E-state index contributed by atoms with van der Waals surface area (Å²) >= 11 is 0. The van der Waals surface area contributed by atoms with Crippen molar-refractivity contribution in [2.24, 2.45) is 0 Å². The average Bonchev–Trinajstić information content (AvgIpc) is 3.54. The Morgan fingerprint density at radius 1 is 1.24 bits per heavy atom. The largest absolute Gasteiger partial charge is 0.463 e. The van der Waals surface area contributed by atoms with Gasteiger partial charge in [0, 0.05) is 17.3 Å². The minimum atomic E-state index is -4.03. The van der Waals surface area contributed by atoms with Crippen LogP contribution in [0.3, 0.4) is 0 Å². The van der Waals surface area contributed by atoms with E-state index in [9.17, 15) is 22.4 Å². The number of rotatable bonds is 6. The quantitative estimate of drug-likeness (QED) is 0.299. The Kier molecular flexibility index (Phi) is 5.35. The summed E-state index contributed by atoms with van der Waals surface area (Å²) in [4.78, 5) is 32.9. The number of sulfonamides is 1. The van der Waals surface area contributed by atoms with Crippen LogP contribution in [0.4, 0.5) is 14.6 Å². The van der Waals surface area contributed by atoms with Crippen molar-refractivity contribution in [1.29, 1.82) is 0 Å². The zero-order chi connectivity index (χ0) is 26.8. The summed E-state index contributed by atoms with van der Waals surface area (Å²) in [5.41, 5.74) is 4.99. The summed E-state index contributed by atoms with van der Waals surface area (Å²) in [6, 6.07) is 6.73. The van der Waals surface area contributed by atoms with Gasteiger partial charge in [0.2, 0.25) is 10.0 Å². The highest BCUT2D eigenvalue weighted by Crippen LogP contribution is 2.40. The number of carbonyl (C=O) groups is 1. The van der Waals surface area contributed by atoms with Crippen LogP contribution in [0.1, 0.15) is 28.9 Å². The first-order chi connectivity index (χ1) is 18.2. The van der Waals surface area contributed by atoms with E-state index in [0.717, 1.165) is 12.3 Å². The SMILES string of the molecule is Nc1cc(Cn2c(C(=O)NS(=O)(=O)C3CC3)c(-c3ccc[nH]c3=O)c3c4occc4c(F)cc32)c(F)cn1. The van der Waals surface area contributed by atoms with Crippen LogP contribution in [-0.2, 0) is 16.6 Å². The van der Waals surface area contributed by atoms with E-state index in [2.05, 4.69) is 14.7 Å². The number of pyridine rings is 2. The van der Waals surface area contributed by atoms with Crippen LogP contribution in [-0.4, -0.2) is 34.1 Å². The van der Waals surface area contributed by atoms with Gasteiger partial charge in [0.05, 0.1) is 46.1 Å². The average molecular weight is 540 g/mol. The van der Waals surface area contributed by atoms with Gasteiger partial charge in [-0.3, -0.25) is 9.59 Å². The lowest BCUT2D eigenvalue weighted by molar-refractivity contribution is 0.0973. The van der Waals surface area contributed by atoms with Gasteiger partial charge in [-0.25, -0.2) is 26.9 Å². The Hall–Kier alpha value is -4.52. The van der Waals surface area contributed by atoms with Gasteiger partial charge < -0.3 is 19.7 Å². The van der Waals surface area contributed by atoms with Gasteiger partial charge in [0.15, 0.2) is 0 Å². The number of H-pyrrole nitrogens is 1. The molecule has 4 N–H and O–H groups in total. The maximum atomic E-state index is 15.2. The maximum Gasteiger partial charge on any atom is 0.282 e. The second kappa shape index (κ2) is 8.52. The highest BCUT2D eigenvalue weighted by Gasteiger charge is 2.39. The second-order valence-electron chi connectivity index (χ2n) is 9.01. The van der Waals surface area contributed by atoms with E-state index in [1.807, 2.05) is 0 Å². The number of halogens is 2. The van der Waals surface area contributed by atoms with E-state index in [0.29, 0.717) is 12.8 Å². The zero-order valence-corrected chi connectivity index (χ0v) is 20.3. The van der Waals surface area contributed by atoms with E-state index in [1.165, 1.54) is 41.3 Å². The molecule has 1 amide bonds. The molecule has 1 aliphatic carbocycles. The zero-order valence-electron chi connectivity index (χ0n) is 19.5. The molecule has 194 valence electrons. The van der Waals surface area contributed by atoms with E-state index < -0.39 is 38.4 Å². The summed E-state index contributed by atoms with van der Waals surface area (Å²) < 4.78 is 64.3. The van der Waals surface area contributed by atoms with E-state index in [4.69, 9.17) is 10.2 Å². The number of nitrogens with one attached hydrogen (secondary N) is 2. The third-order valence-corrected chi connectivity index (χ3v) is 8.32. The third kappa shape index (κ3) is 3.82. The van der Waals surface area contributed by atoms with Crippen LogP contribution in [0, 0.1) is 11.6 Å². The van der Waals surface area contributed by atoms with E-state index >= 15 is 4.39 Å². The molecule has 5 aromatic rings. The molecule has 0 atom stereocenters. The molecular formula is C25H19F2N5O5S. The molecule has 0 spiro atoms. The molecule has 0 saturated heterocycles. The fourth-order valence-electron chi connectivity index (χ4n) is 4.62. The minimum Gasteiger partial charge on any atom is -0.463 e. The smallest absolute Gasteiger partial charge is 0.282 e. The number of hydrogen-bond acceptors (Lipinski definition) is 7. The molecular weight excluding hydrogens is 520 g/mol. The molecule has 4 aromatic heterocycles. The molecule has 0 unspecified atom stereocenters. The number of amides is 1. The van der Waals surface area contributed by atoms with Crippen molar-refractivity contribution < 1.29 is 26.4 Å². The van der Waals surface area contributed by atoms with Gasteiger partial charge in [-0.05, 0) is 43.2 Å². The highest BCUT2D eigenvalue weighted by atomic mass is 32.2. The van der Waals surface area contributed by atoms with Gasteiger partial charge >= 0.3 is 0 Å². The summed E-state index contributed by atoms with van der Waals surface area (Å²) in [5.74, 6) is -2.51. The predicted octanol–water partition coefficient (Wildman–Crippen LogP) is 3.27. The number of nitrogen functional groups attached to an aromatic ring is 1. The Labute approximate surface area is 213 Å². The number of hydrogen-bond donors (Lipinski definition) is 3. The van der Waals surface area contributed by atoms with Crippen LogP contribution >= 0.6 is 0 Å². The van der Waals surface area contributed by atoms with Crippen molar-refractivity contribution in [3.8, 4) is 11.1 Å². The highest BCUT2D eigenvalue weighted by molar-refractivity contribution is 7.91. The number of furan rings is 1. The first-order valence-corrected chi connectivity index (χ1v) is 13.1. The van der Waals surface area contributed by atoms with Crippen molar-refractivity contribution in [3.63, 3.8) is 0 Å². The second-order valence-corrected chi connectivity index (χ2v) is 11.0. The molecule has 1 saturated carbocycles. The molecule has 1 aliphatic rings. The number of aromatic nitrogens is 3. The van der Waals surface area contributed by atoms with Crippen LogP contribution in [0.2, 0.25) is 0 Å². The normalized spacial score (nSPS) is 13.8. The Morgan fingerprint density at radius 3 is 2.76 bits per heavy atom. The molecule has 0 aliphatic heterocycles. The summed E-state index contributed by atoms with van der Waals surface area (Å²) in [7, 11) is -4.03. The van der Waals surface area contributed by atoms with E-state index in [1.54, 1.807) is 0 Å². The summed E-state index contributed by atoms with van der Waals surface area (Å²) in [6.07, 6.45) is 4.35. The third-order valence-electron chi connectivity index (χ3n) is 6.50. The Morgan fingerprint density at radius 2 is 2.03 bits per heavy atom. The Balaban J connectivity index is 1.73. The number of anilines is 1. The molecule has 10 nitrogen and oxygen atoms in total. The molecule has 13 heteroatoms. The van der Waals surface area contributed by atoms with Crippen molar-refractivity contribution in [2.75, 3.05) is 5.73 Å². The van der Waals surface area contributed by atoms with Crippen LogP contribution < -0.4 is 16.0 Å². The lowest BCUT2D eigenvalue weighted by atomic mass is 10.0. The fourth-order valence-corrected chi connectivity index (χ4v) is 5.89. The number of fused-ring (bicyclic) bond motifs is 3. The standard InChI is InChI=1S/C25H19F2N5O5S/c26-16-9-18-21(23-14(16)5-7-37-23)20(15-2-1-6-29-24(15)33)22(25(34)31-38(35,36)13-3-4-13)32(18)11-12-8-19(28)30-10-17(12)27/h1-2,5-10,13H,3-4,11H2,(H2,28,30)(H,29,33)(H,31,34). The van der Waals surface area contributed by atoms with Crippen LogP contribution in [0.25, 0.3) is 33.0 Å². The van der Waals surface area contributed by atoms with Gasteiger partial charge in [-0.1, -0.05) is 0 Å². The molecule has 6 rings (SSSR count). The van der Waals surface area contributed by atoms with Crippen molar-refractivity contribution in [3.05, 3.63) is 82.2 Å². The van der Waals surface area contributed by atoms with Crippen molar-refractivity contribution >= 4 is 43.6 Å². The van der Waals surface area contributed by atoms with Crippen LogP contribution in [0.15, 0.2) is 58.2 Å². The topological polar surface area (TPSA) is 153 Å². The van der Waals surface area contributed by atoms with Gasteiger partial charge in [0.25, 0.3) is 11.5 Å². The minimum absolute atomic E-state index is 0.000456. The summed E-state index contributed by atoms with van der Waals surface area (Å²) in [5, 5.41) is -0.459. The number of nitrogens with two attached hydrogens (primary N) is 1. The molecule has 4 heterocycles. The number of benzene rings is 1. The first-order valence-electron chi connectivity index (χ1n) is 11.5. The molecule has 1 fully saturated rings. The number of carbonyl (C=O) groups excluding carboxylic acids is 1. The Bertz CT molecular complexity index is 1940. The van der Waals surface area contributed by atoms with Gasteiger partial charge in [0.1, 0.15) is 28.7 Å². The lowest BCUT2D eigenvalue weighted by Gasteiger charge is -2.14. The molecule has 1 aromatic carbocycles.